The van der Waals surface area contributed by atoms with Crippen LogP contribution in [0.15, 0.2) is 18.3 Å². The van der Waals surface area contributed by atoms with Gasteiger partial charge >= 0.3 is 6.09 Å². The van der Waals surface area contributed by atoms with E-state index >= 15 is 0 Å². The summed E-state index contributed by atoms with van der Waals surface area (Å²) in [5, 5.41) is 5.51. The highest BCUT2D eigenvalue weighted by Gasteiger charge is 2.20. The van der Waals surface area contributed by atoms with Crippen molar-refractivity contribution in [2.75, 3.05) is 27.9 Å². The predicted molar refractivity (Wildman–Crippen MR) is 116 cm³/mol. The Bertz CT molecular complexity index is 935. The van der Waals surface area contributed by atoms with Gasteiger partial charge in [0.05, 0.1) is 40.0 Å². The molecule has 2 rings (SSSR count). The number of ether oxygens (including phenoxy) is 3. The number of likely N-dealkylation sites (N-methyl/N-ethyl adjacent to an activating group) is 1. The molecule has 0 radical (unpaired) electrons. The van der Waals surface area contributed by atoms with E-state index in [9.17, 15) is 9.59 Å². The molecule has 1 N–H and O–H groups in total. The minimum Gasteiger partial charge on any atom is -0.493 e. The first-order valence-electron chi connectivity index (χ1n) is 9.97. The zero-order valence-corrected chi connectivity index (χ0v) is 19.2. The number of pyridine rings is 1. The second kappa shape index (κ2) is 10.3. The SMILES string of the molecule is CCN(OC)C(=O)Cc1cnc(CNC(=O)OC(C)(C)C)c2cc(OC)c(OC)cc12. The molecule has 0 bridgehead atoms. The average molecular weight is 434 g/mol. The first kappa shape index (κ1) is 24.2. The van der Waals surface area contributed by atoms with Crippen LogP contribution < -0.4 is 14.8 Å². The van der Waals surface area contributed by atoms with Crippen molar-refractivity contribution in [2.45, 2.75) is 46.3 Å². The average Bonchev–Trinajstić information content (AvgIpc) is 2.71. The smallest absolute Gasteiger partial charge is 0.407 e. The molecule has 0 unspecified atom stereocenters. The maximum Gasteiger partial charge on any atom is 0.407 e. The third kappa shape index (κ3) is 6.21. The number of rotatable bonds is 8. The van der Waals surface area contributed by atoms with Crippen LogP contribution in [0.1, 0.15) is 39.0 Å². The molecule has 9 heteroatoms. The molecule has 1 aromatic heterocycles. The van der Waals surface area contributed by atoms with Crippen LogP contribution in [0.4, 0.5) is 4.79 Å². The van der Waals surface area contributed by atoms with E-state index in [1.54, 1.807) is 53.3 Å². The maximum atomic E-state index is 12.6. The zero-order valence-electron chi connectivity index (χ0n) is 19.2. The van der Waals surface area contributed by atoms with Gasteiger partial charge in [-0.05, 0) is 50.8 Å². The highest BCUT2D eigenvalue weighted by molar-refractivity contribution is 5.93. The van der Waals surface area contributed by atoms with Gasteiger partial charge in [-0.15, -0.1) is 0 Å². The number of hydrogen-bond acceptors (Lipinski definition) is 7. The Labute approximate surface area is 182 Å². The molecule has 0 atom stereocenters. The summed E-state index contributed by atoms with van der Waals surface area (Å²) in [5.41, 5.74) is 0.710. The van der Waals surface area contributed by atoms with E-state index in [1.807, 2.05) is 6.92 Å². The summed E-state index contributed by atoms with van der Waals surface area (Å²) in [6.45, 7) is 7.79. The molecule has 2 amide bonds. The second-order valence-electron chi connectivity index (χ2n) is 7.79. The summed E-state index contributed by atoms with van der Waals surface area (Å²) in [5.74, 6) is 0.855. The van der Waals surface area contributed by atoms with E-state index in [1.165, 1.54) is 12.2 Å². The van der Waals surface area contributed by atoms with Crippen LogP contribution in [0.3, 0.4) is 0 Å². The Kier molecular flexibility index (Phi) is 8.04. The first-order chi connectivity index (χ1) is 14.6. The topological polar surface area (TPSA) is 99.2 Å². The molecule has 0 saturated carbocycles. The molecule has 1 heterocycles. The lowest BCUT2D eigenvalue weighted by Crippen LogP contribution is -2.32. The van der Waals surface area contributed by atoms with E-state index in [4.69, 9.17) is 19.0 Å². The quantitative estimate of drug-likeness (QED) is 0.638. The Morgan fingerprint density at radius 2 is 1.68 bits per heavy atom. The van der Waals surface area contributed by atoms with Crippen LogP contribution in [0.5, 0.6) is 11.5 Å². The largest absolute Gasteiger partial charge is 0.493 e. The van der Waals surface area contributed by atoms with E-state index < -0.39 is 11.7 Å². The number of methoxy groups -OCH3 is 2. The maximum absolute atomic E-state index is 12.6. The minimum absolute atomic E-state index is 0.0977. The number of amides is 2. The number of nitrogens with one attached hydrogen (secondary N) is 1. The molecule has 1 aromatic carbocycles. The second-order valence-corrected chi connectivity index (χ2v) is 7.79. The fourth-order valence-electron chi connectivity index (χ4n) is 3.09. The molecule has 0 saturated heterocycles. The molecule has 9 nitrogen and oxygen atoms in total. The van der Waals surface area contributed by atoms with Crippen molar-refractivity contribution in [3.63, 3.8) is 0 Å². The Morgan fingerprint density at radius 1 is 1.06 bits per heavy atom. The van der Waals surface area contributed by atoms with Gasteiger partial charge in [-0.25, -0.2) is 9.86 Å². The first-order valence-corrected chi connectivity index (χ1v) is 9.97. The van der Waals surface area contributed by atoms with Gasteiger partial charge in [0.1, 0.15) is 5.60 Å². The monoisotopic (exact) mass is 433 g/mol. The normalized spacial score (nSPS) is 11.2. The molecular formula is C22H31N3O6. The van der Waals surface area contributed by atoms with E-state index in [0.717, 1.165) is 10.8 Å². The van der Waals surface area contributed by atoms with Gasteiger partial charge in [0.15, 0.2) is 11.5 Å². The van der Waals surface area contributed by atoms with Crippen molar-refractivity contribution in [2.24, 2.45) is 0 Å². The van der Waals surface area contributed by atoms with Gasteiger partial charge in [-0.3, -0.25) is 14.6 Å². The molecule has 31 heavy (non-hydrogen) atoms. The number of benzene rings is 1. The third-order valence-corrected chi connectivity index (χ3v) is 4.48. The molecule has 0 aliphatic rings. The number of nitrogens with zero attached hydrogens (tertiary/aromatic N) is 2. The molecule has 0 aliphatic heterocycles. The number of alkyl carbamates (subject to hydrolysis) is 1. The number of carbonyl (C=O) groups is 2. The number of carbonyl (C=O) groups excluding carboxylic acids is 2. The van der Waals surface area contributed by atoms with E-state index in [2.05, 4.69) is 10.3 Å². The highest BCUT2D eigenvalue weighted by atomic mass is 16.7. The summed E-state index contributed by atoms with van der Waals surface area (Å²) in [6, 6.07) is 3.59. The van der Waals surface area contributed by atoms with Gasteiger partial charge in [0.25, 0.3) is 5.91 Å². The summed E-state index contributed by atoms with van der Waals surface area (Å²) < 4.78 is 16.2. The molecule has 2 aromatic rings. The van der Waals surface area contributed by atoms with Crippen LogP contribution in [0.25, 0.3) is 10.8 Å². The Balaban J connectivity index is 2.45. The van der Waals surface area contributed by atoms with Gasteiger partial charge in [0, 0.05) is 18.1 Å². The van der Waals surface area contributed by atoms with Crippen LogP contribution >= 0.6 is 0 Å². The zero-order chi connectivity index (χ0) is 23.2. The molecular weight excluding hydrogens is 402 g/mol. The van der Waals surface area contributed by atoms with Crippen LogP contribution in [0.2, 0.25) is 0 Å². The van der Waals surface area contributed by atoms with Crippen molar-refractivity contribution < 1.29 is 28.6 Å². The highest BCUT2D eigenvalue weighted by Crippen LogP contribution is 2.35. The number of hydroxylamine groups is 2. The summed E-state index contributed by atoms with van der Waals surface area (Å²) in [6.07, 6.45) is 1.18. The van der Waals surface area contributed by atoms with Crippen LogP contribution in [-0.2, 0) is 27.3 Å². The van der Waals surface area contributed by atoms with E-state index in [0.29, 0.717) is 29.3 Å². The number of fused-ring (bicyclic) bond motifs is 1. The van der Waals surface area contributed by atoms with Gasteiger partial charge in [-0.2, -0.15) is 0 Å². The fraction of sp³-hybridized carbons (Fsp3) is 0.500. The van der Waals surface area contributed by atoms with Crippen molar-refractivity contribution in [1.82, 2.24) is 15.4 Å². The molecule has 170 valence electrons. The van der Waals surface area contributed by atoms with Gasteiger partial charge < -0.3 is 19.5 Å². The predicted octanol–water partition coefficient (Wildman–Crippen LogP) is 3.23. The standard InChI is InChI=1S/C22H31N3O6/c1-8-25(30-7)20(26)9-14-12-23-17(13-24-21(27)31-22(2,3)4)16-11-19(29-6)18(28-5)10-15(14)16/h10-12H,8-9,13H2,1-7H3,(H,24,27). The Hall–Kier alpha value is -3.07. The molecule has 0 aliphatic carbocycles. The number of hydrogen-bond donors (Lipinski definition) is 1. The summed E-state index contributed by atoms with van der Waals surface area (Å²) in [4.78, 5) is 34.3. The fourth-order valence-corrected chi connectivity index (χ4v) is 3.09. The van der Waals surface area contributed by atoms with Crippen molar-refractivity contribution in [3.05, 3.63) is 29.6 Å². The lowest BCUT2D eigenvalue weighted by molar-refractivity contribution is -0.173. The molecule has 0 spiro atoms. The summed E-state index contributed by atoms with van der Waals surface area (Å²) >= 11 is 0. The van der Waals surface area contributed by atoms with E-state index in [-0.39, 0.29) is 18.9 Å². The minimum atomic E-state index is -0.604. The lowest BCUT2D eigenvalue weighted by atomic mass is 10.0. The Morgan fingerprint density at radius 3 is 2.19 bits per heavy atom. The third-order valence-electron chi connectivity index (χ3n) is 4.48. The number of aromatic nitrogens is 1. The van der Waals surface area contributed by atoms with Crippen molar-refractivity contribution in [1.29, 1.82) is 0 Å². The van der Waals surface area contributed by atoms with Gasteiger partial charge in [-0.1, -0.05) is 0 Å². The summed E-state index contributed by atoms with van der Waals surface area (Å²) in [7, 11) is 4.54. The lowest BCUT2D eigenvalue weighted by Gasteiger charge is -2.20. The van der Waals surface area contributed by atoms with Crippen molar-refractivity contribution in [3.8, 4) is 11.5 Å². The van der Waals surface area contributed by atoms with Gasteiger partial charge in [0.2, 0.25) is 0 Å². The van der Waals surface area contributed by atoms with Crippen LogP contribution in [-0.4, -0.2) is 55.5 Å². The van der Waals surface area contributed by atoms with Crippen LogP contribution in [0, 0.1) is 0 Å². The van der Waals surface area contributed by atoms with Crippen molar-refractivity contribution >= 4 is 22.8 Å². The molecule has 0 fully saturated rings.